The Hall–Kier alpha value is -3.52. The third kappa shape index (κ3) is 4.40. The van der Waals surface area contributed by atoms with Crippen LogP contribution in [0.1, 0.15) is 17.3 Å². The topological polar surface area (TPSA) is 85.5 Å². The molecule has 2 N–H and O–H groups in total. The van der Waals surface area contributed by atoms with Crippen molar-refractivity contribution in [1.82, 2.24) is 9.97 Å². The van der Waals surface area contributed by atoms with Crippen LogP contribution in [0.5, 0.6) is 17.2 Å². The first-order valence-corrected chi connectivity index (χ1v) is 10.8. The molecule has 1 amide bonds. The van der Waals surface area contributed by atoms with Crippen LogP contribution in [-0.4, -0.2) is 36.7 Å². The molecular formula is C24H22BrN3O4. The summed E-state index contributed by atoms with van der Waals surface area (Å²) in [5.41, 5.74) is 3.72. The molecule has 0 aliphatic heterocycles. The molecule has 8 heteroatoms. The number of nitrogens with zero attached hydrogens (tertiary/aromatic N) is 1. The van der Waals surface area contributed by atoms with E-state index in [1.54, 1.807) is 32.4 Å². The molecule has 0 spiro atoms. The number of amides is 1. The Morgan fingerprint density at radius 1 is 1.00 bits per heavy atom. The van der Waals surface area contributed by atoms with Crippen molar-refractivity contribution < 1.29 is 19.0 Å². The fourth-order valence-electron chi connectivity index (χ4n) is 3.30. The number of hydrogen-bond acceptors (Lipinski definition) is 5. The lowest BCUT2D eigenvalue weighted by Gasteiger charge is -2.09. The third-order valence-corrected chi connectivity index (χ3v) is 5.52. The van der Waals surface area contributed by atoms with E-state index >= 15 is 0 Å². The van der Waals surface area contributed by atoms with Crippen molar-refractivity contribution in [3.8, 4) is 28.6 Å². The number of carbonyl (C=O) groups excluding carboxylic acids is 1. The summed E-state index contributed by atoms with van der Waals surface area (Å²) >= 11 is 3.44. The molecule has 1 aromatic heterocycles. The predicted octanol–water partition coefficient (Wildman–Crippen LogP) is 5.66. The van der Waals surface area contributed by atoms with Gasteiger partial charge in [0, 0.05) is 28.9 Å². The Kier molecular flexibility index (Phi) is 6.32. The van der Waals surface area contributed by atoms with Gasteiger partial charge in [-0.15, -0.1) is 0 Å². The lowest BCUT2D eigenvalue weighted by atomic mass is 10.1. The van der Waals surface area contributed by atoms with Crippen molar-refractivity contribution in [2.24, 2.45) is 0 Å². The number of rotatable bonds is 7. The van der Waals surface area contributed by atoms with Gasteiger partial charge in [-0.2, -0.15) is 0 Å². The van der Waals surface area contributed by atoms with Crippen molar-refractivity contribution >= 4 is 38.6 Å². The van der Waals surface area contributed by atoms with Gasteiger partial charge in [0.25, 0.3) is 5.91 Å². The van der Waals surface area contributed by atoms with Gasteiger partial charge in [-0.1, -0.05) is 0 Å². The van der Waals surface area contributed by atoms with E-state index in [0.717, 1.165) is 21.1 Å². The van der Waals surface area contributed by atoms with E-state index in [1.807, 2.05) is 43.3 Å². The summed E-state index contributed by atoms with van der Waals surface area (Å²) in [6, 6.07) is 16.4. The summed E-state index contributed by atoms with van der Waals surface area (Å²) in [6.45, 7) is 2.47. The zero-order valence-corrected chi connectivity index (χ0v) is 19.4. The fourth-order valence-corrected chi connectivity index (χ4v) is 3.80. The van der Waals surface area contributed by atoms with Crippen LogP contribution >= 0.6 is 15.9 Å². The number of nitrogens with one attached hydrogen (secondary N) is 2. The molecule has 0 unspecified atom stereocenters. The molecule has 0 radical (unpaired) electrons. The second-order valence-electron chi connectivity index (χ2n) is 6.92. The third-order valence-electron chi connectivity index (χ3n) is 4.90. The van der Waals surface area contributed by atoms with E-state index in [1.165, 1.54) is 0 Å². The molecule has 3 aromatic carbocycles. The van der Waals surface area contributed by atoms with Crippen molar-refractivity contribution in [3.63, 3.8) is 0 Å². The Morgan fingerprint density at radius 2 is 1.72 bits per heavy atom. The molecule has 7 nitrogen and oxygen atoms in total. The summed E-state index contributed by atoms with van der Waals surface area (Å²) in [6.07, 6.45) is 0. The number of imidazole rings is 1. The maximum atomic E-state index is 12.6. The minimum Gasteiger partial charge on any atom is -0.493 e. The number of ether oxygens (including phenoxy) is 3. The van der Waals surface area contributed by atoms with Gasteiger partial charge in [-0.05, 0) is 65.3 Å². The van der Waals surface area contributed by atoms with E-state index in [9.17, 15) is 4.79 Å². The predicted molar refractivity (Wildman–Crippen MR) is 128 cm³/mol. The monoisotopic (exact) mass is 495 g/mol. The number of aromatic nitrogens is 2. The van der Waals surface area contributed by atoms with E-state index in [-0.39, 0.29) is 5.91 Å². The van der Waals surface area contributed by atoms with Crippen LogP contribution in [0.4, 0.5) is 5.69 Å². The molecule has 4 rings (SSSR count). The molecule has 0 saturated carbocycles. The molecular weight excluding hydrogens is 474 g/mol. The molecule has 32 heavy (non-hydrogen) atoms. The highest BCUT2D eigenvalue weighted by atomic mass is 79.9. The van der Waals surface area contributed by atoms with Gasteiger partial charge in [0.2, 0.25) is 0 Å². The van der Waals surface area contributed by atoms with E-state index in [2.05, 4.69) is 31.2 Å². The number of benzene rings is 3. The first-order chi connectivity index (χ1) is 15.5. The largest absolute Gasteiger partial charge is 0.493 e. The van der Waals surface area contributed by atoms with E-state index in [0.29, 0.717) is 40.9 Å². The van der Waals surface area contributed by atoms with Crippen molar-refractivity contribution in [3.05, 3.63) is 64.6 Å². The number of anilines is 1. The van der Waals surface area contributed by atoms with Crippen LogP contribution in [0.25, 0.3) is 22.4 Å². The summed E-state index contributed by atoms with van der Waals surface area (Å²) in [5.74, 6) is 2.47. The standard InChI is InChI=1S/C24H22BrN3O4/c1-4-32-20-10-7-15(11-17(20)25)24(29)26-16-8-5-14(6-9-16)23-27-18-12-21(30-2)22(31-3)13-19(18)28-23/h5-13H,4H2,1-3H3,(H,26,29)(H,27,28). The average Bonchev–Trinajstić information content (AvgIpc) is 3.22. The number of H-pyrrole nitrogens is 1. The smallest absolute Gasteiger partial charge is 0.255 e. The number of fused-ring (bicyclic) bond motifs is 1. The number of halogens is 1. The minimum absolute atomic E-state index is 0.204. The highest BCUT2D eigenvalue weighted by molar-refractivity contribution is 9.10. The Balaban J connectivity index is 1.52. The van der Waals surface area contributed by atoms with Crippen molar-refractivity contribution in [1.29, 1.82) is 0 Å². The van der Waals surface area contributed by atoms with Gasteiger partial charge < -0.3 is 24.5 Å². The molecule has 0 fully saturated rings. The second-order valence-corrected chi connectivity index (χ2v) is 7.77. The molecule has 0 saturated heterocycles. The lowest BCUT2D eigenvalue weighted by molar-refractivity contribution is 0.102. The highest BCUT2D eigenvalue weighted by Crippen LogP contribution is 2.33. The summed E-state index contributed by atoms with van der Waals surface area (Å²) in [5, 5.41) is 2.91. The zero-order valence-electron chi connectivity index (χ0n) is 17.9. The number of hydrogen-bond donors (Lipinski definition) is 2. The Morgan fingerprint density at radius 3 is 2.38 bits per heavy atom. The quantitative estimate of drug-likeness (QED) is 0.345. The molecule has 1 heterocycles. The maximum Gasteiger partial charge on any atom is 0.255 e. The SMILES string of the molecule is CCOc1ccc(C(=O)Nc2ccc(-c3nc4cc(OC)c(OC)cc4[nH]3)cc2)cc1Br. The van der Waals surface area contributed by atoms with Crippen molar-refractivity contribution in [2.75, 3.05) is 26.1 Å². The Bertz CT molecular complexity index is 1230. The molecule has 0 aliphatic carbocycles. The molecule has 4 aromatic rings. The van der Waals surface area contributed by atoms with Crippen LogP contribution in [0.2, 0.25) is 0 Å². The normalized spacial score (nSPS) is 10.8. The van der Waals surface area contributed by atoms with Gasteiger partial charge in [-0.3, -0.25) is 4.79 Å². The number of carbonyl (C=O) groups is 1. The first kappa shape index (κ1) is 21.7. The van der Waals surface area contributed by atoms with E-state index < -0.39 is 0 Å². The Labute approximate surface area is 193 Å². The van der Waals surface area contributed by atoms with Gasteiger partial charge in [0.15, 0.2) is 11.5 Å². The van der Waals surface area contributed by atoms with Gasteiger partial charge in [0.1, 0.15) is 11.6 Å². The molecule has 164 valence electrons. The van der Waals surface area contributed by atoms with Crippen LogP contribution in [-0.2, 0) is 0 Å². The van der Waals surface area contributed by atoms with Gasteiger partial charge in [0.05, 0.1) is 36.3 Å². The zero-order chi connectivity index (χ0) is 22.7. The average molecular weight is 496 g/mol. The van der Waals surface area contributed by atoms with Crippen LogP contribution in [0, 0.1) is 0 Å². The van der Waals surface area contributed by atoms with Gasteiger partial charge in [-0.25, -0.2) is 4.98 Å². The first-order valence-electron chi connectivity index (χ1n) is 9.98. The van der Waals surface area contributed by atoms with Crippen LogP contribution in [0.15, 0.2) is 59.1 Å². The highest BCUT2D eigenvalue weighted by Gasteiger charge is 2.12. The fraction of sp³-hybridized carbons (Fsp3) is 0.167. The molecule has 0 atom stereocenters. The van der Waals surface area contributed by atoms with Crippen LogP contribution < -0.4 is 19.5 Å². The number of aromatic amines is 1. The summed E-state index contributed by atoms with van der Waals surface area (Å²) in [7, 11) is 3.19. The summed E-state index contributed by atoms with van der Waals surface area (Å²) < 4.78 is 16.9. The molecule has 0 aliphatic rings. The van der Waals surface area contributed by atoms with Gasteiger partial charge >= 0.3 is 0 Å². The van der Waals surface area contributed by atoms with Crippen LogP contribution in [0.3, 0.4) is 0 Å². The van der Waals surface area contributed by atoms with E-state index in [4.69, 9.17) is 14.2 Å². The summed E-state index contributed by atoms with van der Waals surface area (Å²) in [4.78, 5) is 20.6. The van der Waals surface area contributed by atoms with Crippen molar-refractivity contribution in [2.45, 2.75) is 6.92 Å². The maximum absolute atomic E-state index is 12.6. The minimum atomic E-state index is -0.204. The number of methoxy groups -OCH3 is 2. The lowest BCUT2D eigenvalue weighted by Crippen LogP contribution is -2.12. The second kappa shape index (κ2) is 9.32. The molecule has 0 bridgehead atoms.